The SMILES string of the molecule is NC(=O)[C@@H]1CC(=O)N(CCNc2ccc(Cl)cc2[N+](=O)[O-])C1. The summed E-state index contributed by atoms with van der Waals surface area (Å²) in [6.45, 7) is 0.945. The first-order valence-corrected chi connectivity index (χ1v) is 7.01. The standard InChI is InChI=1S/C13H15ClN4O4/c14-9-1-2-10(11(6-9)18(21)22)16-3-4-17-7-8(13(15)20)5-12(17)19/h1-2,6,8,16H,3-5,7H2,(H2,15,20)/t8-/m1/s1. The Balaban J connectivity index is 1.93. The lowest BCUT2D eigenvalue weighted by atomic mass is 10.1. The first-order valence-electron chi connectivity index (χ1n) is 6.63. The Morgan fingerprint density at radius 3 is 2.86 bits per heavy atom. The number of nitro groups is 1. The third-order valence-corrected chi connectivity index (χ3v) is 3.71. The van der Waals surface area contributed by atoms with E-state index in [0.29, 0.717) is 25.3 Å². The molecular formula is C13H15ClN4O4. The second-order valence-electron chi connectivity index (χ2n) is 4.99. The number of carbonyl (C=O) groups is 2. The average molecular weight is 327 g/mol. The summed E-state index contributed by atoms with van der Waals surface area (Å²) in [7, 11) is 0. The molecule has 0 radical (unpaired) electrons. The predicted molar refractivity (Wildman–Crippen MR) is 80.5 cm³/mol. The van der Waals surface area contributed by atoms with Gasteiger partial charge < -0.3 is 16.0 Å². The highest BCUT2D eigenvalue weighted by Gasteiger charge is 2.32. The van der Waals surface area contributed by atoms with Crippen LogP contribution >= 0.6 is 11.6 Å². The fourth-order valence-electron chi connectivity index (χ4n) is 2.31. The monoisotopic (exact) mass is 326 g/mol. The third-order valence-electron chi connectivity index (χ3n) is 3.47. The van der Waals surface area contributed by atoms with Crippen molar-refractivity contribution in [3.63, 3.8) is 0 Å². The van der Waals surface area contributed by atoms with Crippen LogP contribution in [0.2, 0.25) is 5.02 Å². The number of benzene rings is 1. The molecular weight excluding hydrogens is 312 g/mol. The Hall–Kier alpha value is -2.35. The van der Waals surface area contributed by atoms with Crippen LogP contribution in [0.3, 0.4) is 0 Å². The molecule has 0 aromatic heterocycles. The van der Waals surface area contributed by atoms with E-state index in [0.717, 1.165) is 0 Å². The van der Waals surface area contributed by atoms with Crippen molar-refractivity contribution >= 4 is 34.8 Å². The molecule has 2 amide bonds. The lowest BCUT2D eigenvalue weighted by Gasteiger charge is -2.16. The zero-order valence-corrected chi connectivity index (χ0v) is 12.4. The van der Waals surface area contributed by atoms with Gasteiger partial charge in [0.05, 0.1) is 10.8 Å². The van der Waals surface area contributed by atoms with E-state index in [1.54, 1.807) is 6.07 Å². The van der Waals surface area contributed by atoms with Gasteiger partial charge >= 0.3 is 0 Å². The van der Waals surface area contributed by atoms with Crippen molar-refractivity contribution < 1.29 is 14.5 Å². The van der Waals surface area contributed by atoms with Crippen molar-refractivity contribution in [3.8, 4) is 0 Å². The topological polar surface area (TPSA) is 119 Å². The minimum absolute atomic E-state index is 0.121. The highest BCUT2D eigenvalue weighted by Crippen LogP contribution is 2.27. The number of primary amides is 1. The van der Waals surface area contributed by atoms with Gasteiger partial charge in [-0.2, -0.15) is 0 Å². The number of hydrogen-bond acceptors (Lipinski definition) is 5. The lowest BCUT2D eigenvalue weighted by Crippen LogP contribution is -2.32. The molecule has 0 spiro atoms. The highest BCUT2D eigenvalue weighted by atomic mass is 35.5. The number of anilines is 1. The molecule has 1 aliphatic heterocycles. The van der Waals surface area contributed by atoms with Crippen LogP contribution in [0.5, 0.6) is 0 Å². The number of nitrogens with two attached hydrogens (primary N) is 1. The van der Waals surface area contributed by atoms with Gasteiger partial charge in [-0.25, -0.2) is 0 Å². The Labute approximate surface area is 131 Å². The summed E-state index contributed by atoms with van der Waals surface area (Å²) in [6, 6.07) is 4.31. The van der Waals surface area contributed by atoms with Crippen molar-refractivity contribution in [2.45, 2.75) is 6.42 Å². The second kappa shape index (κ2) is 6.61. The molecule has 2 rings (SSSR count). The molecule has 22 heavy (non-hydrogen) atoms. The molecule has 8 nitrogen and oxygen atoms in total. The van der Waals surface area contributed by atoms with Gasteiger partial charge in [-0.15, -0.1) is 0 Å². The average Bonchev–Trinajstić information content (AvgIpc) is 2.82. The van der Waals surface area contributed by atoms with E-state index in [-0.39, 0.29) is 23.0 Å². The van der Waals surface area contributed by atoms with Gasteiger partial charge in [0.2, 0.25) is 11.8 Å². The second-order valence-corrected chi connectivity index (χ2v) is 5.42. The van der Waals surface area contributed by atoms with Crippen molar-refractivity contribution in [1.82, 2.24) is 4.90 Å². The smallest absolute Gasteiger partial charge is 0.293 e. The van der Waals surface area contributed by atoms with Crippen LogP contribution in [0, 0.1) is 16.0 Å². The van der Waals surface area contributed by atoms with Crippen LogP contribution < -0.4 is 11.1 Å². The van der Waals surface area contributed by atoms with E-state index in [1.807, 2.05) is 0 Å². The number of nitrogens with zero attached hydrogens (tertiary/aromatic N) is 2. The number of nitrogens with one attached hydrogen (secondary N) is 1. The molecule has 0 aliphatic carbocycles. The molecule has 1 saturated heterocycles. The van der Waals surface area contributed by atoms with Gasteiger partial charge in [-0.3, -0.25) is 19.7 Å². The van der Waals surface area contributed by atoms with Gasteiger partial charge in [-0.05, 0) is 12.1 Å². The Kier molecular flexibility index (Phi) is 4.81. The van der Waals surface area contributed by atoms with Gasteiger partial charge in [0.15, 0.2) is 0 Å². The number of carbonyl (C=O) groups excluding carboxylic acids is 2. The summed E-state index contributed by atoms with van der Waals surface area (Å²) in [5.74, 6) is -1.09. The minimum atomic E-state index is -0.529. The molecule has 1 atom stereocenters. The maximum absolute atomic E-state index is 11.7. The molecule has 1 aromatic rings. The van der Waals surface area contributed by atoms with Crippen LogP contribution in [0.1, 0.15) is 6.42 Å². The predicted octanol–water partition coefficient (Wildman–Crippen LogP) is 0.994. The number of nitro benzene ring substituents is 1. The Bertz CT molecular complexity index is 622. The minimum Gasteiger partial charge on any atom is -0.378 e. The quantitative estimate of drug-likeness (QED) is 0.597. The first-order chi connectivity index (χ1) is 10.4. The van der Waals surface area contributed by atoms with Crippen LogP contribution in [-0.4, -0.2) is 41.3 Å². The summed E-state index contributed by atoms with van der Waals surface area (Å²) in [6.07, 6.45) is 0.121. The van der Waals surface area contributed by atoms with Crippen molar-refractivity contribution in [3.05, 3.63) is 33.3 Å². The fourth-order valence-corrected chi connectivity index (χ4v) is 2.48. The molecule has 0 saturated carbocycles. The molecule has 118 valence electrons. The van der Waals surface area contributed by atoms with E-state index in [1.165, 1.54) is 17.0 Å². The summed E-state index contributed by atoms with van der Waals surface area (Å²) < 4.78 is 0. The number of rotatable bonds is 6. The van der Waals surface area contributed by atoms with E-state index in [4.69, 9.17) is 17.3 Å². The van der Waals surface area contributed by atoms with Crippen LogP contribution in [0.15, 0.2) is 18.2 Å². The summed E-state index contributed by atoms with van der Waals surface area (Å²) >= 11 is 5.73. The van der Waals surface area contributed by atoms with Gasteiger partial charge in [-0.1, -0.05) is 11.6 Å². The molecule has 1 aromatic carbocycles. The summed E-state index contributed by atoms with van der Waals surface area (Å²) in [4.78, 5) is 34.7. The number of likely N-dealkylation sites (tertiary alicyclic amines) is 1. The Morgan fingerprint density at radius 1 is 1.55 bits per heavy atom. The van der Waals surface area contributed by atoms with Crippen molar-refractivity contribution in [2.75, 3.05) is 25.0 Å². The van der Waals surface area contributed by atoms with Gasteiger partial charge in [0.25, 0.3) is 5.69 Å². The molecule has 0 unspecified atom stereocenters. The van der Waals surface area contributed by atoms with Gasteiger partial charge in [0, 0.05) is 37.1 Å². The third kappa shape index (κ3) is 3.64. The van der Waals surface area contributed by atoms with Crippen LogP contribution in [0.4, 0.5) is 11.4 Å². The zero-order valence-electron chi connectivity index (χ0n) is 11.6. The molecule has 9 heteroatoms. The number of hydrogen-bond donors (Lipinski definition) is 2. The highest BCUT2D eigenvalue weighted by molar-refractivity contribution is 6.30. The number of amides is 2. The fraction of sp³-hybridized carbons (Fsp3) is 0.385. The molecule has 1 aliphatic rings. The van der Waals surface area contributed by atoms with Crippen molar-refractivity contribution in [1.29, 1.82) is 0 Å². The molecule has 1 heterocycles. The van der Waals surface area contributed by atoms with E-state index in [9.17, 15) is 19.7 Å². The molecule has 0 bridgehead atoms. The largest absolute Gasteiger partial charge is 0.378 e. The van der Waals surface area contributed by atoms with Crippen molar-refractivity contribution in [2.24, 2.45) is 11.7 Å². The van der Waals surface area contributed by atoms with E-state index < -0.39 is 16.7 Å². The Morgan fingerprint density at radius 2 is 2.27 bits per heavy atom. The summed E-state index contributed by atoms with van der Waals surface area (Å²) in [5.41, 5.74) is 5.39. The zero-order chi connectivity index (χ0) is 16.3. The number of halogens is 1. The maximum Gasteiger partial charge on any atom is 0.293 e. The first kappa shape index (κ1) is 16.0. The van der Waals surface area contributed by atoms with Crippen LogP contribution in [-0.2, 0) is 9.59 Å². The maximum atomic E-state index is 11.7. The molecule has 3 N–H and O–H groups in total. The lowest BCUT2D eigenvalue weighted by molar-refractivity contribution is -0.383. The normalized spacial score (nSPS) is 17.6. The van der Waals surface area contributed by atoms with E-state index in [2.05, 4.69) is 5.32 Å². The summed E-state index contributed by atoms with van der Waals surface area (Å²) in [5, 5.41) is 14.1. The molecule has 1 fully saturated rings. The van der Waals surface area contributed by atoms with Crippen LogP contribution in [0.25, 0.3) is 0 Å². The van der Waals surface area contributed by atoms with Gasteiger partial charge in [0.1, 0.15) is 5.69 Å². The van der Waals surface area contributed by atoms with E-state index >= 15 is 0 Å².